The maximum atomic E-state index is 12.6. The summed E-state index contributed by atoms with van der Waals surface area (Å²) in [6.07, 6.45) is 0. The quantitative estimate of drug-likeness (QED) is 0.726. The molecule has 0 aromatic heterocycles. The Morgan fingerprint density at radius 3 is 2.07 bits per heavy atom. The zero-order valence-corrected chi connectivity index (χ0v) is 15.7. The monoisotopic (exact) mass is 358 g/mol. The van der Waals surface area contributed by atoms with Crippen molar-refractivity contribution in [2.45, 2.75) is 13.8 Å². The summed E-state index contributed by atoms with van der Waals surface area (Å²) in [6, 6.07) is 22.0. The van der Waals surface area contributed by atoms with Crippen LogP contribution in [0.3, 0.4) is 0 Å². The predicted molar refractivity (Wildman–Crippen MR) is 109 cm³/mol. The van der Waals surface area contributed by atoms with Gasteiger partial charge in [-0.25, -0.2) is 0 Å². The summed E-state index contributed by atoms with van der Waals surface area (Å²) < 4.78 is 0. The minimum Gasteiger partial charge on any atom is -0.322 e. The molecule has 4 nitrogen and oxygen atoms in total. The number of nitrogens with one attached hydrogen (secondary N) is 1. The second-order valence-electron chi connectivity index (χ2n) is 6.55. The predicted octanol–water partition coefficient (Wildman–Crippen LogP) is 4.83. The largest absolute Gasteiger partial charge is 0.322 e. The Kier molecular flexibility index (Phi) is 5.36. The fraction of sp³-hybridized carbons (Fsp3) is 0.130. The number of aryl methyl sites for hydroxylation is 2. The van der Waals surface area contributed by atoms with Crippen LogP contribution in [0.4, 0.5) is 11.4 Å². The number of para-hydroxylation sites is 1. The lowest BCUT2D eigenvalue weighted by atomic mass is 10.1. The van der Waals surface area contributed by atoms with Gasteiger partial charge in [0.25, 0.3) is 11.8 Å². The van der Waals surface area contributed by atoms with E-state index in [0.29, 0.717) is 11.1 Å². The second kappa shape index (κ2) is 7.87. The van der Waals surface area contributed by atoms with Crippen LogP contribution in [0.2, 0.25) is 0 Å². The first-order valence-electron chi connectivity index (χ1n) is 8.77. The number of nitrogens with zero attached hydrogens (tertiary/aromatic N) is 1. The van der Waals surface area contributed by atoms with Crippen LogP contribution >= 0.6 is 0 Å². The van der Waals surface area contributed by atoms with E-state index >= 15 is 0 Å². The number of carbonyl (C=O) groups is 2. The Morgan fingerprint density at radius 1 is 0.815 bits per heavy atom. The molecule has 2 amide bonds. The van der Waals surface area contributed by atoms with E-state index in [1.807, 2.05) is 62.4 Å². The molecule has 0 atom stereocenters. The molecule has 136 valence electrons. The average molecular weight is 358 g/mol. The van der Waals surface area contributed by atoms with Gasteiger partial charge in [-0.3, -0.25) is 9.59 Å². The van der Waals surface area contributed by atoms with Crippen molar-refractivity contribution in [2.24, 2.45) is 0 Å². The van der Waals surface area contributed by atoms with Crippen molar-refractivity contribution in [3.63, 3.8) is 0 Å². The molecule has 1 N–H and O–H groups in total. The van der Waals surface area contributed by atoms with Gasteiger partial charge in [0.05, 0.1) is 0 Å². The summed E-state index contributed by atoms with van der Waals surface area (Å²) in [7, 11) is 1.73. The van der Waals surface area contributed by atoms with Crippen LogP contribution in [0.1, 0.15) is 31.8 Å². The van der Waals surface area contributed by atoms with Gasteiger partial charge in [0.2, 0.25) is 0 Å². The van der Waals surface area contributed by atoms with Gasteiger partial charge in [-0.15, -0.1) is 0 Å². The SMILES string of the molecule is Cc1ccc(NC(=O)c2ccc(C(=O)N(C)c3ccccc3)cc2)c(C)c1. The van der Waals surface area contributed by atoms with E-state index in [-0.39, 0.29) is 11.8 Å². The van der Waals surface area contributed by atoms with Gasteiger partial charge >= 0.3 is 0 Å². The lowest BCUT2D eigenvalue weighted by molar-refractivity contribution is 0.0989. The molecule has 3 aromatic carbocycles. The number of benzene rings is 3. The van der Waals surface area contributed by atoms with Crippen molar-refractivity contribution in [3.05, 3.63) is 95.1 Å². The number of hydrogen-bond donors (Lipinski definition) is 1. The highest BCUT2D eigenvalue weighted by molar-refractivity contribution is 6.08. The van der Waals surface area contributed by atoms with Gasteiger partial charge in [-0.05, 0) is 61.9 Å². The number of rotatable bonds is 4. The number of hydrogen-bond acceptors (Lipinski definition) is 2. The van der Waals surface area contributed by atoms with Gasteiger partial charge in [-0.1, -0.05) is 35.9 Å². The average Bonchev–Trinajstić information content (AvgIpc) is 2.69. The number of amides is 2. The molecule has 0 aliphatic heterocycles. The van der Waals surface area contributed by atoms with Gasteiger partial charge in [-0.2, -0.15) is 0 Å². The Hall–Kier alpha value is -3.40. The lowest BCUT2D eigenvalue weighted by Gasteiger charge is -2.17. The number of carbonyl (C=O) groups excluding carboxylic acids is 2. The van der Waals surface area contributed by atoms with E-state index in [4.69, 9.17) is 0 Å². The summed E-state index contributed by atoms with van der Waals surface area (Å²) in [4.78, 5) is 26.7. The zero-order valence-electron chi connectivity index (χ0n) is 15.7. The van der Waals surface area contributed by atoms with Crippen LogP contribution in [0.5, 0.6) is 0 Å². The molecule has 0 saturated heterocycles. The fourth-order valence-electron chi connectivity index (χ4n) is 2.88. The first kappa shape index (κ1) is 18.4. The van der Waals surface area contributed by atoms with Crippen molar-refractivity contribution in [1.29, 1.82) is 0 Å². The Bertz CT molecular complexity index is 963. The van der Waals surface area contributed by atoms with E-state index < -0.39 is 0 Å². The summed E-state index contributed by atoms with van der Waals surface area (Å²) in [5.74, 6) is -0.320. The van der Waals surface area contributed by atoms with Crippen LogP contribution < -0.4 is 10.2 Å². The van der Waals surface area contributed by atoms with Crippen LogP contribution in [-0.2, 0) is 0 Å². The van der Waals surface area contributed by atoms with Gasteiger partial charge in [0.1, 0.15) is 0 Å². The molecule has 3 rings (SSSR count). The molecule has 0 fully saturated rings. The molecular weight excluding hydrogens is 336 g/mol. The Morgan fingerprint density at radius 2 is 1.44 bits per heavy atom. The molecule has 0 aliphatic carbocycles. The highest BCUT2D eigenvalue weighted by atomic mass is 16.2. The second-order valence-corrected chi connectivity index (χ2v) is 6.55. The van der Waals surface area contributed by atoms with E-state index in [9.17, 15) is 9.59 Å². The fourth-order valence-corrected chi connectivity index (χ4v) is 2.88. The third kappa shape index (κ3) is 4.23. The topological polar surface area (TPSA) is 49.4 Å². The van der Waals surface area contributed by atoms with Crippen molar-refractivity contribution in [1.82, 2.24) is 0 Å². The molecule has 0 radical (unpaired) electrons. The third-order valence-electron chi connectivity index (χ3n) is 4.47. The van der Waals surface area contributed by atoms with Gasteiger partial charge in [0, 0.05) is 29.5 Å². The molecule has 3 aromatic rings. The smallest absolute Gasteiger partial charge is 0.258 e. The lowest BCUT2D eigenvalue weighted by Crippen LogP contribution is -2.26. The summed E-state index contributed by atoms with van der Waals surface area (Å²) in [5.41, 5.74) is 4.81. The zero-order chi connectivity index (χ0) is 19.4. The minimum absolute atomic E-state index is 0.123. The van der Waals surface area contributed by atoms with Crippen LogP contribution in [0.15, 0.2) is 72.8 Å². The van der Waals surface area contributed by atoms with E-state index in [0.717, 1.165) is 22.5 Å². The normalized spacial score (nSPS) is 10.3. The maximum absolute atomic E-state index is 12.6. The minimum atomic E-state index is -0.197. The first-order chi connectivity index (χ1) is 13.0. The third-order valence-corrected chi connectivity index (χ3v) is 4.47. The summed E-state index contributed by atoms with van der Waals surface area (Å²) in [5, 5.41) is 2.92. The molecule has 0 heterocycles. The van der Waals surface area contributed by atoms with E-state index in [1.165, 1.54) is 0 Å². The van der Waals surface area contributed by atoms with Crippen molar-refractivity contribution < 1.29 is 9.59 Å². The molecule has 0 unspecified atom stereocenters. The highest BCUT2D eigenvalue weighted by Crippen LogP contribution is 2.18. The van der Waals surface area contributed by atoms with Crippen molar-refractivity contribution >= 4 is 23.2 Å². The molecule has 4 heteroatoms. The molecule has 0 spiro atoms. The number of anilines is 2. The van der Waals surface area contributed by atoms with Crippen molar-refractivity contribution in [2.75, 3.05) is 17.3 Å². The van der Waals surface area contributed by atoms with Crippen molar-refractivity contribution in [3.8, 4) is 0 Å². The standard InChI is InChI=1S/C23H22N2O2/c1-16-9-14-21(17(2)15-16)24-22(26)18-10-12-19(13-11-18)23(27)25(3)20-7-5-4-6-8-20/h4-15H,1-3H3,(H,24,26). The molecule has 0 aliphatic rings. The summed E-state index contributed by atoms with van der Waals surface area (Å²) >= 11 is 0. The van der Waals surface area contributed by atoms with Gasteiger partial charge < -0.3 is 10.2 Å². The van der Waals surface area contributed by atoms with Crippen LogP contribution in [0.25, 0.3) is 0 Å². The summed E-state index contributed by atoms with van der Waals surface area (Å²) in [6.45, 7) is 3.98. The van der Waals surface area contributed by atoms with E-state index in [2.05, 4.69) is 5.32 Å². The highest BCUT2D eigenvalue weighted by Gasteiger charge is 2.14. The first-order valence-corrected chi connectivity index (χ1v) is 8.77. The molecule has 0 saturated carbocycles. The maximum Gasteiger partial charge on any atom is 0.258 e. The van der Waals surface area contributed by atoms with Crippen LogP contribution in [0, 0.1) is 13.8 Å². The molecular formula is C23H22N2O2. The van der Waals surface area contributed by atoms with Crippen LogP contribution in [-0.4, -0.2) is 18.9 Å². The molecule has 0 bridgehead atoms. The molecule has 27 heavy (non-hydrogen) atoms. The van der Waals surface area contributed by atoms with E-state index in [1.54, 1.807) is 36.2 Å². The Labute approximate surface area is 159 Å². The Balaban J connectivity index is 1.72. The van der Waals surface area contributed by atoms with Gasteiger partial charge in [0.15, 0.2) is 0 Å².